The Morgan fingerprint density at radius 1 is 1.02 bits per heavy atom. The molecule has 8 nitrogen and oxygen atoms in total. The van der Waals surface area contributed by atoms with Crippen LogP contribution in [0.4, 0.5) is 0 Å². The van der Waals surface area contributed by atoms with Crippen LogP contribution in [0.3, 0.4) is 0 Å². The molecule has 1 amide bonds. The molecule has 2 heterocycles. The van der Waals surface area contributed by atoms with Gasteiger partial charge in [0.05, 0.1) is 29.0 Å². The van der Waals surface area contributed by atoms with E-state index in [1.165, 1.54) is 13.8 Å². The van der Waals surface area contributed by atoms with Crippen LogP contribution in [0.5, 0.6) is 0 Å². The van der Waals surface area contributed by atoms with Crippen molar-refractivity contribution in [3.8, 4) is 0 Å². The van der Waals surface area contributed by atoms with E-state index in [1.807, 2.05) is 66.7 Å². The first kappa shape index (κ1) is 30.2. The van der Waals surface area contributed by atoms with Crippen molar-refractivity contribution >= 4 is 45.2 Å². The second-order valence-corrected chi connectivity index (χ2v) is 12.6. The van der Waals surface area contributed by atoms with E-state index in [4.69, 9.17) is 19.2 Å². The third kappa shape index (κ3) is 7.37. The molecule has 0 aliphatic carbocycles. The molecule has 0 radical (unpaired) electrons. The van der Waals surface area contributed by atoms with Crippen molar-refractivity contribution in [1.29, 1.82) is 0 Å². The molecular formula is C32H34N2O6S2. The van der Waals surface area contributed by atoms with Gasteiger partial charge in [-0.2, -0.15) is 0 Å². The van der Waals surface area contributed by atoms with Gasteiger partial charge in [-0.3, -0.25) is 9.59 Å². The number of para-hydroxylation sites is 1. The molecule has 0 spiro atoms. The number of hydrogen-bond acceptors (Lipinski definition) is 9. The molecule has 3 aromatic carbocycles. The SMILES string of the molecule is CC(=O)OC(C)C(=O)NCc1ccc(C2OC(CSc3nc4ccccc4s3)C(C)C(c3ccc(CO)cc3)O2)cc1. The number of rotatable bonds is 10. The predicted octanol–water partition coefficient (Wildman–Crippen LogP) is 5.94. The Balaban J connectivity index is 1.30. The number of carbonyl (C=O) groups excluding carboxylic acids is 2. The smallest absolute Gasteiger partial charge is 0.303 e. The minimum Gasteiger partial charge on any atom is -0.453 e. The van der Waals surface area contributed by atoms with Crippen molar-refractivity contribution < 1.29 is 28.9 Å². The summed E-state index contributed by atoms with van der Waals surface area (Å²) in [6.45, 7) is 5.25. The van der Waals surface area contributed by atoms with Gasteiger partial charge in [0.2, 0.25) is 0 Å². The zero-order valence-electron chi connectivity index (χ0n) is 23.7. The van der Waals surface area contributed by atoms with Crippen LogP contribution in [0.1, 0.15) is 55.4 Å². The molecule has 0 saturated carbocycles. The summed E-state index contributed by atoms with van der Waals surface area (Å²) in [5.74, 6) is -0.0674. The van der Waals surface area contributed by atoms with Crippen molar-refractivity contribution in [2.45, 2.75) is 62.9 Å². The van der Waals surface area contributed by atoms with Gasteiger partial charge in [-0.15, -0.1) is 11.3 Å². The maximum absolute atomic E-state index is 12.2. The minimum atomic E-state index is -0.853. The van der Waals surface area contributed by atoms with Gasteiger partial charge < -0.3 is 24.6 Å². The monoisotopic (exact) mass is 606 g/mol. The van der Waals surface area contributed by atoms with Gasteiger partial charge in [-0.05, 0) is 35.7 Å². The quantitative estimate of drug-likeness (QED) is 0.169. The number of esters is 1. The maximum atomic E-state index is 12.2. The average Bonchev–Trinajstić information content (AvgIpc) is 3.42. The number of amides is 1. The van der Waals surface area contributed by atoms with Crippen LogP contribution in [0.25, 0.3) is 10.2 Å². The maximum Gasteiger partial charge on any atom is 0.303 e. The van der Waals surface area contributed by atoms with Crippen LogP contribution in [0, 0.1) is 5.92 Å². The Labute approximate surface area is 253 Å². The number of aliphatic hydroxyl groups is 1. The summed E-state index contributed by atoms with van der Waals surface area (Å²) in [6, 6.07) is 23.7. The van der Waals surface area contributed by atoms with Crippen molar-refractivity contribution in [3.05, 3.63) is 95.1 Å². The molecule has 1 aromatic heterocycles. The third-order valence-corrected chi connectivity index (χ3v) is 9.47. The summed E-state index contributed by atoms with van der Waals surface area (Å²) >= 11 is 3.38. The lowest BCUT2D eigenvalue weighted by atomic mass is 9.91. The molecule has 1 aliphatic heterocycles. The molecule has 1 fully saturated rings. The Morgan fingerprint density at radius 3 is 2.40 bits per heavy atom. The van der Waals surface area contributed by atoms with Crippen LogP contribution in [-0.2, 0) is 37.0 Å². The van der Waals surface area contributed by atoms with Gasteiger partial charge in [0, 0.05) is 30.7 Å². The Kier molecular flexibility index (Phi) is 9.91. The average molecular weight is 607 g/mol. The van der Waals surface area contributed by atoms with Gasteiger partial charge in [0.1, 0.15) is 0 Å². The van der Waals surface area contributed by atoms with E-state index in [0.29, 0.717) is 6.54 Å². The Bertz CT molecular complexity index is 1470. The second-order valence-electron chi connectivity index (χ2n) is 10.3. The fourth-order valence-corrected chi connectivity index (χ4v) is 7.06. The summed E-state index contributed by atoms with van der Waals surface area (Å²) in [5, 5.41) is 12.3. The largest absolute Gasteiger partial charge is 0.453 e. The Hall–Kier alpha value is -3.28. The topological polar surface area (TPSA) is 107 Å². The number of nitrogens with one attached hydrogen (secondary N) is 1. The molecule has 10 heteroatoms. The van der Waals surface area contributed by atoms with E-state index >= 15 is 0 Å². The summed E-state index contributed by atoms with van der Waals surface area (Å²) < 4.78 is 20.2. The molecule has 4 aromatic rings. The molecule has 0 bridgehead atoms. The van der Waals surface area contributed by atoms with Crippen molar-refractivity contribution in [2.75, 3.05) is 5.75 Å². The fourth-order valence-electron chi connectivity index (χ4n) is 4.80. The number of thioether (sulfide) groups is 1. The molecule has 1 aliphatic rings. The predicted molar refractivity (Wildman–Crippen MR) is 163 cm³/mol. The first-order valence-corrected chi connectivity index (χ1v) is 15.6. The molecule has 220 valence electrons. The van der Waals surface area contributed by atoms with Gasteiger partial charge in [0.25, 0.3) is 5.91 Å². The highest BCUT2D eigenvalue weighted by Crippen LogP contribution is 2.43. The zero-order chi connectivity index (χ0) is 29.6. The van der Waals surface area contributed by atoms with Gasteiger partial charge >= 0.3 is 5.97 Å². The number of benzene rings is 3. The number of nitrogens with zero attached hydrogens (tertiary/aromatic N) is 1. The number of hydrogen-bond donors (Lipinski definition) is 2. The first-order valence-electron chi connectivity index (χ1n) is 13.8. The molecule has 5 rings (SSSR count). The van der Waals surface area contributed by atoms with Crippen LogP contribution in [0.2, 0.25) is 0 Å². The lowest BCUT2D eigenvalue weighted by molar-refractivity contribution is -0.268. The molecule has 2 N–H and O–H groups in total. The number of carbonyl (C=O) groups is 2. The molecular weight excluding hydrogens is 572 g/mol. The fraction of sp³-hybridized carbons (Fsp3) is 0.344. The normalized spacial score (nSPS) is 21.1. The summed E-state index contributed by atoms with van der Waals surface area (Å²) in [5.41, 5.74) is 4.65. The highest BCUT2D eigenvalue weighted by molar-refractivity contribution is 8.01. The minimum absolute atomic E-state index is 0.00993. The zero-order valence-corrected chi connectivity index (χ0v) is 25.3. The Morgan fingerprint density at radius 2 is 1.71 bits per heavy atom. The lowest BCUT2D eigenvalue weighted by Crippen LogP contribution is -2.38. The van der Waals surface area contributed by atoms with Crippen LogP contribution in [-0.4, -0.2) is 39.9 Å². The number of ether oxygens (including phenoxy) is 3. The van der Waals surface area contributed by atoms with E-state index < -0.39 is 18.4 Å². The third-order valence-electron chi connectivity index (χ3n) is 7.20. The van der Waals surface area contributed by atoms with E-state index in [-0.39, 0.29) is 30.6 Å². The van der Waals surface area contributed by atoms with E-state index in [0.717, 1.165) is 42.6 Å². The molecule has 1 saturated heterocycles. The highest BCUT2D eigenvalue weighted by Gasteiger charge is 2.38. The second kappa shape index (κ2) is 13.8. The van der Waals surface area contributed by atoms with Crippen LogP contribution < -0.4 is 5.32 Å². The van der Waals surface area contributed by atoms with Crippen molar-refractivity contribution in [3.63, 3.8) is 0 Å². The summed E-state index contributed by atoms with van der Waals surface area (Å²) in [7, 11) is 0. The number of thiazole rings is 1. The van der Waals surface area contributed by atoms with Crippen LogP contribution in [0.15, 0.2) is 77.1 Å². The lowest BCUT2D eigenvalue weighted by Gasteiger charge is -2.41. The van der Waals surface area contributed by atoms with Gasteiger partial charge in [0.15, 0.2) is 16.7 Å². The standard InChI is InChI=1S/C32H34N2O6S2/c1-19-27(18-41-32-34-26-6-4-5-7-28(26)42-32)39-31(40-29(19)24-12-10-23(17-35)11-13-24)25-14-8-22(9-15-25)16-33-30(37)20(2)38-21(3)36/h4-15,19-20,27,29,31,35H,16-18H2,1-3H3,(H,33,37). The summed E-state index contributed by atoms with van der Waals surface area (Å²) in [6.07, 6.45) is -1.75. The van der Waals surface area contributed by atoms with Gasteiger partial charge in [-0.25, -0.2) is 4.98 Å². The number of aliphatic hydroxyl groups excluding tert-OH is 1. The first-order chi connectivity index (χ1) is 20.3. The van der Waals surface area contributed by atoms with E-state index in [2.05, 4.69) is 18.3 Å². The summed E-state index contributed by atoms with van der Waals surface area (Å²) in [4.78, 5) is 28.1. The van der Waals surface area contributed by atoms with Crippen molar-refractivity contribution in [1.82, 2.24) is 10.3 Å². The molecule has 5 unspecified atom stereocenters. The van der Waals surface area contributed by atoms with E-state index in [1.54, 1.807) is 23.1 Å². The van der Waals surface area contributed by atoms with Crippen LogP contribution >= 0.6 is 23.1 Å². The van der Waals surface area contributed by atoms with Gasteiger partial charge in [-0.1, -0.05) is 79.3 Å². The van der Waals surface area contributed by atoms with E-state index in [9.17, 15) is 14.7 Å². The van der Waals surface area contributed by atoms with Crippen molar-refractivity contribution in [2.24, 2.45) is 5.92 Å². The molecule has 42 heavy (non-hydrogen) atoms. The molecule has 5 atom stereocenters. The highest BCUT2D eigenvalue weighted by atomic mass is 32.2. The number of aromatic nitrogens is 1. The number of fused-ring (bicyclic) bond motifs is 1.